The van der Waals surface area contributed by atoms with Gasteiger partial charge >= 0.3 is 0 Å². The fourth-order valence-corrected chi connectivity index (χ4v) is 10.5. The van der Waals surface area contributed by atoms with E-state index in [4.69, 9.17) is 14.1 Å². The summed E-state index contributed by atoms with van der Waals surface area (Å²) in [5.41, 5.74) is 5.61. The van der Waals surface area contributed by atoms with Crippen LogP contribution in [0.4, 0.5) is 5.82 Å². The molecule has 238 valence electrons. The molecule has 13 heteroatoms. The van der Waals surface area contributed by atoms with Gasteiger partial charge in [0.25, 0.3) is 0 Å². The predicted molar refractivity (Wildman–Crippen MR) is 174 cm³/mol. The molecule has 0 bridgehead atoms. The molecule has 3 atom stereocenters. The van der Waals surface area contributed by atoms with Gasteiger partial charge < -0.3 is 14.5 Å². The molecule has 1 N–H and O–H groups in total. The lowest BCUT2D eigenvalue weighted by atomic mass is 9.90. The number of rotatable bonds is 8. The zero-order chi connectivity index (χ0) is 31.6. The zero-order valence-electron chi connectivity index (χ0n) is 26.0. The van der Waals surface area contributed by atoms with Gasteiger partial charge in [-0.2, -0.15) is 0 Å². The average molecular weight is 658 g/mol. The van der Waals surface area contributed by atoms with E-state index < -0.39 is 9.84 Å². The molecule has 0 spiro atoms. The molecular weight excluding hydrogens is 623 g/mol. The summed E-state index contributed by atoms with van der Waals surface area (Å²) in [5, 5.41) is 12.2. The number of nitrogens with one attached hydrogen (secondary N) is 1. The summed E-state index contributed by atoms with van der Waals surface area (Å²) in [6, 6.07) is 6.11. The Bertz CT molecular complexity index is 2070. The van der Waals surface area contributed by atoms with Crippen LogP contribution in [0.25, 0.3) is 32.1 Å². The number of anilines is 1. The molecule has 1 aliphatic carbocycles. The monoisotopic (exact) mass is 657 g/mol. The molecule has 46 heavy (non-hydrogen) atoms. The van der Waals surface area contributed by atoms with E-state index in [0.717, 1.165) is 65.4 Å². The lowest BCUT2D eigenvalue weighted by Gasteiger charge is -2.19. The van der Waals surface area contributed by atoms with Crippen molar-refractivity contribution in [1.29, 1.82) is 0 Å². The molecule has 0 saturated carbocycles. The van der Waals surface area contributed by atoms with Crippen LogP contribution in [0, 0.1) is 18.8 Å². The summed E-state index contributed by atoms with van der Waals surface area (Å²) in [4.78, 5) is 20.0. The number of thiophene rings is 1. The largest absolute Gasteiger partial charge is 0.421 e. The van der Waals surface area contributed by atoms with E-state index in [1.165, 1.54) is 16.9 Å². The standard InChI is InChI=1S/C33H35N7O4S2/c1-17(2)21-15-46(41,42)31-28(27(33-40-39-18(3)44-33)24(37-29(21)31)7-6-19-10-12-43-14-19)26-13-25-30(45-26)32(36-16-35-25)38-23-9-8-22-20(23)5-4-11-34-22/h4-5,11,13,16-17,19,21,23H,6-10,12,14-15H2,1-3H3,(H,35,36,38)/t19?,21-,23+/m0/s1. The van der Waals surface area contributed by atoms with Gasteiger partial charge in [0.2, 0.25) is 11.8 Å². The summed E-state index contributed by atoms with van der Waals surface area (Å²) >= 11 is 1.48. The Hall–Kier alpha value is -3.81. The number of sulfone groups is 1. The van der Waals surface area contributed by atoms with Crippen LogP contribution in [0.5, 0.6) is 0 Å². The maximum absolute atomic E-state index is 14.1. The predicted octanol–water partition coefficient (Wildman–Crippen LogP) is 6.10. The molecule has 0 amide bonds. The van der Waals surface area contributed by atoms with E-state index >= 15 is 0 Å². The van der Waals surface area contributed by atoms with E-state index in [-0.39, 0.29) is 34.4 Å². The number of nitrogens with zero attached hydrogens (tertiary/aromatic N) is 6. The van der Waals surface area contributed by atoms with Crippen molar-refractivity contribution in [2.45, 2.75) is 69.7 Å². The Morgan fingerprint density at radius 1 is 1.13 bits per heavy atom. The van der Waals surface area contributed by atoms with Gasteiger partial charge in [-0.3, -0.25) is 9.97 Å². The third kappa shape index (κ3) is 5.08. The SMILES string of the molecule is Cc1nnc(-c2c(CCC3CCOC3)nc3c(c2-c2cc4ncnc(N[C@@H]5CCc6ncccc65)c4s2)S(=O)(=O)C[C@H]3C(C)C)o1. The molecule has 5 aromatic heterocycles. The minimum Gasteiger partial charge on any atom is -0.421 e. The number of ether oxygens (including phenoxy) is 1. The summed E-state index contributed by atoms with van der Waals surface area (Å²) in [6.45, 7) is 7.35. The highest BCUT2D eigenvalue weighted by atomic mass is 32.2. The van der Waals surface area contributed by atoms with Crippen molar-refractivity contribution in [3.63, 3.8) is 0 Å². The third-order valence-electron chi connectivity index (χ3n) is 9.51. The van der Waals surface area contributed by atoms with Crippen molar-refractivity contribution in [2.24, 2.45) is 11.8 Å². The summed E-state index contributed by atoms with van der Waals surface area (Å²) in [7, 11) is -3.67. The van der Waals surface area contributed by atoms with E-state index in [2.05, 4.69) is 50.4 Å². The van der Waals surface area contributed by atoms with Crippen molar-refractivity contribution >= 4 is 37.2 Å². The average Bonchev–Trinajstić information content (AvgIpc) is 3.87. The minimum atomic E-state index is -3.67. The Morgan fingerprint density at radius 2 is 2.02 bits per heavy atom. The van der Waals surface area contributed by atoms with Gasteiger partial charge in [0, 0.05) is 48.4 Å². The lowest BCUT2D eigenvalue weighted by molar-refractivity contribution is 0.184. The molecular formula is C33H35N7O4S2. The van der Waals surface area contributed by atoms with Crippen molar-refractivity contribution < 1.29 is 17.6 Å². The number of pyridine rings is 2. The van der Waals surface area contributed by atoms with Crippen molar-refractivity contribution in [2.75, 3.05) is 24.3 Å². The van der Waals surface area contributed by atoms with Crippen molar-refractivity contribution in [3.8, 4) is 21.9 Å². The number of hydrogen-bond acceptors (Lipinski definition) is 12. The molecule has 11 nitrogen and oxygen atoms in total. The van der Waals surface area contributed by atoms with Crippen LogP contribution in [0.15, 0.2) is 40.0 Å². The van der Waals surface area contributed by atoms with Crippen LogP contribution in [0.1, 0.15) is 73.6 Å². The summed E-state index contributed by atoms with van der Waals surface area (Å²) in [5.74, 6) is 1.72. The minimum absolute atomic E-state index is 0.0227. The van der Waals surface area contributed by atoms with Crippen LogP contribution < -0.4 is 5.32 Å². The van der Waals surface area contributed by atoms with Crippen LogP contribution in [-0.2, 0) is 27.4 Å². The molecule has 0 aromatic carbocycles. The fraction of sp³-hybridized carbons (Fsp3) is 0.455. The maximum Gasteiger partial charge on any atom is 0.250 e. The van der Waals surface area contributed by atoms with E-state index in [1.807, 2.05) is 18.3 Å². The second kappa shape index (κ2) is 11.5. The van der Waals surface area contributed by atoms with Gasteiger partial charge in [-0.25, -0.2) is 18.4 Å². The Labute approximate surface area is 271 Å². The van der Waals surface area contributed by atoms with E-state index in [0.29, 0.717) is 40.9 Å². The highest BCUT2D eigenvalue weighted by Crippen LogP contribution is 2.51. The fourth-order valence-electron chi connectivity index (χ4n) is 7.12. The highest BCUT2D eigenvalue weighted by Gasteiger charge is 2.43. The normalized spacial score (nSPS) is 21.7. The number of hydrogen-bond donors (Lipinski definition) is 1. The molecule has 0 radical (unpaired) electrons. The number of aromatic nitrogens is 6. The lowest BCUT2D eigenvalue weighted by Crippen LogP contribution is -2.11. The first kappa shape index (κ1) is 29.6. The van der Waals surface area contributed by atoms with Gasteiger partial charge in [0.05, 0.1) is 43.9 Å². The van der Waals surface area contributed by atoms with E-state index in [1.54, 1.807) is 13.3 Å². The molecule has 1 saturated heterocycles. The highest BCUT2D eigenvalue weighted by molar-refractivity contribution is 7.92. The molecule has 1 unspecified atom stereocenters. The van der Waals surface area contributed by atoms with Crippen LogP contribution in [0.2, 0.25) is 0 Å². The number of aryl methyl sites for hydroxylation is 3. The van der Waals surface area contributed by atoms with Gasteiger partial charge in [-0.05, 0) is 61.6 Å². The number of fused-ring (bicyclic) bond motifs is 3. The van der Waals surface area contributed by atoms with Crippen LogP contribution >= 0.6 is 11.3 Å². The molecule has 7 heterocycles. The molecule has 5 aromatic rings. The van der Waals surface area contributed by atoms with Crippen molar-refractivity contribution in [3.05, 3.63) is 59.3 Å². The summed E-state index contributed by atoms with van der Waals surface area (Å²) in [6.07, 6.45) is 7.72. The molecule has 2 aliphatic heterocycles. The first-order chi connectivity index (χ1) is 22.3. The maximum atomic E-state index is 14.1. The van der Waals surface area contributed by atoms with Gasteiger partial charge in [0.15, 0.2) is 9.84 Å². The van der Waals surface area contributed by atoms with Gasteiger partial charge in [-0.1, -0.05) is 19.9 Å². The third-order valence-corrected chi connectivity index (χ3v) is 12.5. The van der Waals surface area contributed by atoms with Crippen molar-refractivity contribution in [1.82, 2.24) is 30.1 Å². The molecule has 8 rings (SSSR count). The first-order valence-corrected chi connectivity index (χ1v) is 18.4. The van der Waals surface area contributed by atoms with E-state index in [9.17, 15) is 8.42 Å². The first-order valence-electron chi connectivity index (χ1n) is 15.9. The summed E-state index contributed by atoms with van der Waals surface area (Å²) < 4.78 is 40.7. The molecule has 3 aliphatic rings. The Kier molecular flexibility index (Phi) is 7.37. The topological polar surface area (TPSA) is 146 Å². The Morgan fingerprint density at radius 3 is 2.80 bits per heavy atom. The zero-order valence-corrected chi connectivity index (χ0v) is 27.6. The van der Waals surface area contributed by atoms with Gasteiger partial charge in [-0.15, -0.1) is 21.5 Å². The second-order valence-corrected chi connectivity index (χ2v) is 15.9. The Balaban J connectivity index is 1.32. The quantitative estimate of drug-likeness (QED) is 0.206. The second-order valence-electron chi connectivity index (χ2n) is 12.9. The smallest absolute Gasteiger partial charge is 0.250 e. The van der Waals surface area contributed by atoms with Crippen LogP contribution in [0.3, 0.4) is 0 Å². The van der Waals surface area contributed by atoms with Crippen LogP contribution in [-0.4, -0.2) is 57.5 Å². The molecule has 1 fully saturated rings. The van der Waals surface area contributed by atoms with Gasteiger partial charge in [0.1, 0.15) is 12.1 Å².